The number of ketones is 1. The van der Waals surface area contributed by atoms with Crippen molar-refractivity contribution < 1.29 is 232 Å². The first kappa shape index (κ1) is 122. The normalized spacial score (nSPS) is 36.5. The van der Waals surface area contributed by atoms with Crippen molar-refractivity contribution in [3.63, 3.8) is 0 Å². The zero-order valence-corrected chi connectivity index (χ0v) is 80.5. The van der Waals surface area contributed by atoms with Crippen LogP contribution in [0.1, 0.15) is 221 Å². The molecule has 4 amide bonds. The fourth-order valence-corrected chi connectivity index (χ4v) is 19.0. The molecular formula is C90H156N4O47. The minimum Gasteiger partial charge on any atom is -0.477 e. The maximum atomic E-state index is 14.6. The molecule has 40 atom stereocenters. The van der Waals surface area contributed by atoms with Crippen LogP contribution in [0.4, 0.5) is 0 Å². The van der Waals surface area contributed by atoms with Gasteiger partial charge in [-0.2, -0.15) is 0 Å². The van der Waals surface area contributed by atoms with Gasteiger partial charge in [-0.15, -0.1) is 0 Å². The summed E-state index contributed by atoms with van der Waals surface area (Å²) in [4.78, 5) is 107. The van der Waals surface area contributed by atoms with Crippen molar-refractivity contribution in [2.75, 3.05) is 52.9 Å². The Kier molecular flexibility index (Phi) is 51.3. The lowest BCUT2D eigenvalue weighted by Crippen LogP contribution is -2.72. The lowest BCUT2D eigenvalue weighted by atomic mass is 9.86. The SMILES string of the molecule is CCCCCCCCCCCCCCC[C@@H](O)[C@H](CO[C@@H]1O[C@H](CO)[C@@H](O[C@@H]2O[C@H](CO)[C@H](O[C@@H]3O[C@H](CO)[C@H](O)[C@H](O[C@@H]4O[C@H](CO)[C@H](O)[C@H](O[C@]5(C(=O)O)C[C@H](O)[C@@H](NC(C)=O)C([C@H](O)[C@H](O)CO)O5)[C@H]4O)[C@H]3CC(C)=O)[C@H](O[C@]3(C(=O)O)C[C@H](O)[C@@H](NC(C)=O)C([C@H](O)[C@@H](CO)O[C@]4(C(=O)O)C[C@H](O)[C@@H](NC(C)=O)C([C@H](O)[C@H](O)CO)O4)O3)[C@H]2O)[C@H](O)[C@H]1O)NC(=O)CCCCCCCCCCC. The smallest absolute Gasteiger partial charge is 0.364 e. The first-order valence-electron chi connectivity index (χ1n) is 48.9. The van der Waals surface area contributed by atoms with Gasteiger partial charge in [-0.25, -0.2) is 14.4 Å². The summed E-state index contributed by atoms with van der Waals surface area (Å²) in [5.41, 5.74) is 0. The quantitative estimate of drug-likeness (QED) is 0.0252. The van der Waals surface area contributed by atoms with Gasteiger partial charge in [-0.1, -0.05) is 149 Å². The molecule has 141 heavy (non-hydrogen) atoms. The highest BCUT2D eigenvalue weighted by Crippen LogP contribution is 2.46. The third-order valence-corrected chi connectivity index (χ3v) is 26.7. The van der Waals surface area contributed by atoms with Crippen molar-refractivity contribution in [3.8, 4) is 0 Å². The molecule has 0 aromatic heterocycles. The number of aliphatic carboxylic acids is 3. The van der Waals surface area contributed by atoms with Gasteiger partial charge < -0.3 is 220 Å². The molecule has 0 spiro atoms. The predicted molar refractivity (Wildman–Crippen MR) is 475 cm³/mol. The number of carboxylic acid groups (broad SMARTS) is 3. The van der Waals surface area contributed by atoms with Crippen molar-refractivity contribution in [2.24, 2.45) is 5.92 Å². The number of aliphatic hydroxyl groups excluding tert-OH is 22. The molecule has 7 aliphatic heterocycles. The molecule has 0 radical (unpaired) electrons. The van der Waals surface area contributed by atoms with Crippen molar-refractivity contribution in [1.82, 2.24) is 21.3 Å². The van der Waals surface area contributed by atoms with Gasteiger partial charge >= 0.3 is 17.9 Å². The summed E-state index contributed by atoms with van der Waals surface area (Å²) in [5.74, 6) is -23.8. The van der Waals surface area contributed by atoms with Crippen LogP contribution in [0, 0.1) is 5.92 Å². The van der Waals surface area contributed by atoms with Crippen LogP contribution in [0.3, 0.4) is 0 Å². The van der Waals surface area contributed by atoms with Crippen molar-refractivity contribution in [1.29, 1.82) is 0 Å². The van der Waals surface area contributed by atoms with E-state index >= 15 is 0 Å². The molecule has 0 aromatic rings. The summed E-state index contributed by atoms with van der Waals surface area (Å²) in [5, 5.41) is 296. The van der Waals surface area contributed by atoms with E-state index in [1.165, 1.54) is 38.5 Å². The maximum Gasteiger partial charge on any atom is 0.364 e. The monoisotopic (exact) mass is 2040 g/mol. The van der Waals surface area contributed by atoms with Gasteiger partial charge in [0.2, 0.25) is 23.6 Å². The van der Waals surface area contributed by atoms with Crippen LogP contribution in [0.15, 0.2) is 0 Å². The average molecular weight is 2050 g/mol. The van der Waals surface area contributed by atoms with Gasteiger partial charge in [0.25, 0.3) is 17.4 Å². The Labute approximate surface area is 815 Å². The summed E-state index contributed by atoms with van der Waals surface area (Å²) in [6, 6.07) is -6.98. The number of hydrogen-bond acceptors (Lipinski definition) is 44. The number of ether oxygens (including phenoxy) is 14. The van der Waals surface area contributed by atoms with Crippen molar-refractivity contribution >= 4 is 47.3 Å². The largest absolute Gasteiger partial charge is 0.477 e. The molecular weight excluding hydrogens is 1890 g/mol. The molecule has 7 rings (SSSR count). The van der Waals surface area contributed by atoms with E-state index in [2.05, 4.69) is 35.1 Å². The summed E-state index contributed by atoms with van der Waals surface area (Å²) < 4.78 is 84.8. The van der Waals surface area contributed by atoms with E-state index in [9.17, 15) is 166 Å². The lowest BCUT2D eigenvalue weighted by Gasteiger charge is -2.53. The van der Waals surface area contributed by atoms with Gasteiger partial charge in [0.15, 0.2) is 25.2 Å². The molecule has 7 aliphatic rings. The molecule has 0 aromatic carbocycles. The van der Waals surface area contributed by atoms with Gasteiger partial charge in [0, 0.05) is 58.8 Å². The number of Topliss-reactive ketones (excluding diaryl/α,β-unsaturated/α-hetero) is 1. The number of carbonyl (C=O) groups is 8. The fraction of sp³-hybridized carbons (Fsp3) is 0.911. The van der Waals surface area contributed by atoms with E-state index in [0.29, 0.717) is 12.8 Å². The van der Waals surface area contributed by atoms with E-state index in [0.717, 1.165) is 118 Å². The van der Waals surface area contributed by atoms with Crippen LogP contribution in [0.25, 0.3) is 0 Å². The summed E-state index contributed by atoms with van der Waals surface area (Å²) in [6.45, 7) is -2.06. The zero-order chi connectivity index (χ0) is 105. The molecule has 51 heteroatoms. The topological polar surface area (TPSA) is 820 Å². The Morgan fingerprint density at radius 3 is 1.16 bits per heavy atom. The van der Waals surface area contributed by atoms with Crippen molar-refractivity contribution in [2.45, 2.75) is 459 Å². The Balaban J connectivity index is 1.28. The Bertz CT molecular complexity index is 3750. The highest BCUT2D eigenvalue weighted by Gasteiger charge is 2.66. The number of hydrogen-bond donors (Lipinski definition) is 29. The molecule has 7 saturated heterocycles. The number of carbonyl (C=O) groups excluding carboxylic acids is 5. The molecule has 0 saturated carbocycles. The average Bonchev–Trinajstić information content (AvgIpc) is 0.749. The molecule has 7 fully saturated rings. The lowest BCUT2D eigenvalue weighted by molar-refractivity contribution is -0.409. The summed E-state index contributed by atoms with van der Waals surface area (Å²) >= 11 is 0. The number of amides is 4. The van der Waals surface area contributed by atoms with Gasteiger partial charge in [0.1, 0.15) is 146 Å². The van der Waals surface area contributed by atoms with Crippen LogP contribution in [-0.2, 0) is 105 Å². The van der Waals surface area contributed by atoms with Crippen LogP contribution < -0.4 is 21.3 Å². The van der Waals surface area contributed by atoms with E-state index < -0.39 is 369 Å². The molecule has 818 valence electrons. The first-order chi connectivity index (χ1) is 66.9. The number of nitrogens with one attached hydrogen (secondary N) is 4. The van der Waals surface area contributed by atoms with Crippen LogP contribution >= 0.6 is 0 Å². The van der Waals surface area contributed by atoms with Crippen LogP contribution in [-0.4, -0.2) is 465 Å². The van der Waals surface area contributed by atoms with E-state index in [-0.39, 0.29) is 12.8 Å². The number of rotatable bonds is 62. The molecule has 0 aliphatic carbocycles. The first-order valence-corrected chi connectivity index (χ1v) is 48.9. The summed E-state index contributed by atoms with van der Waals surface area (Å²) in [7, 11) is 0. The third kappa shape index (κ3) is 33.3. The summed E-state index contributed by atoms with van der Waals surface area (Å²) in [6.07, 6.45) is -57.6. The minimum absolute atomic E-state index is 0.0706. The Hall–Kier alpha value is -5.48. The maximum absolute atomic E-state index is 14.6. The standard InChI is InChI=1S/C90H156N4O47/c1-7-9-11-13-15-17-18-19-20-22-23-25-27-29-49(106)48(94-60(112)30-28-26-24-21-16-14-12-10-8-2)42-128-82-70(119)69(118)74(58(40-100)131-82)134-84-72(121)80(141-90(87(126)127)34-52(109)63(93-46(6)105)78(139-90)68(117)57(39-99)136-88(85(122)123)32-50(107)61(91-44(4)103)76(137-88)64(113)53(110)35-95)75(59(41-101)132-84)135-81-47(31-43(3)102)73(66(115)55(37-97)129-81)133-83-71(120)79(67(116)56(38-98)130-83)140-89(86(124)125)33-51(108)62(92-45(5)104)77(138-89)65(114)54(111)36-96/h47-59,61-84,95-101,106-111,113-121H,7-42H2,1-6H3,(H,91,103)(H,92,104)(H,93,105)(H,94,112)(H,122,123)(H,124,125)(H,126,127)/t47-,48+,49-,50+,51+,52+,53-,54-,55-,56-,57-,58-,59-,61-,62-,63-,64-,65-,66+,67+,68-,69-,70-,71-,72-,73-,74-,75+,76?,77?,78?,79+,80-,81+,82-,83+,84+,88-,89+,90+/m1/s1. The number of unbranched alkanes of at least 4 members (excludes halogenated alkanes) is 20. The molecule has 0 bridgehead atoms. The number of carboxylic acids is 3. The van der Waals surface area contributed by atoms with Gasteiger partial charge in [-0.05, 0) is 19.8 Å². The molecule has 29 N–H and O–H groups in total. The number of aliphatic hydroxyl groups is 22. The molecule has 7 heterocycles. The fourth-order valence-electron chi connectivity index (χ4n) is 19.0. The Morgan fingerprint density at radius 1 is 0.376 bits per heavy atom. The molecule has 51 nitrogen and oxygen atoms in total. The highest BCUT2D eigenvalue weighted by molar-refractivity contribution is 5.79. The van der Waals surface area contributed by atoms with E-state index in [1.54, 1.807) is 0 Å². The van der Waals surface area contributed by atoms with Crippen molar-refractivity contribution in [3.05, 3.63) is 0 Å². The van der Waals surface area contributed by atoms with Crippen LogP contribution in [0.2, 0.25) is 0 Å². The van der Waals surface area contributed by atoms with Gasteiger partial charge in [0.05, 0.1) is 108 Å². The second-order valence-electron chi connectivity index (χ2n) is 37.8. The minimum atomic E-state index is -3.79. The Morgan fingerprint density at radius 2 is 0.738 bits per heavy atom. The van der Waals surface area contributed by atoms with Gasteiger partial charge in [-0.3, -0.25) is 19.2 Å². The van der Waals surface area contributed by atoms with Crippen LogP contribution in [0.5, 0.6) is 0 Å². The predicted octanol–water partition coefficient (Wildman–Crippen LogP) is -7.72. The third-order valence-electron chi connectivity index (χ3n) is 26.7. The second-order valence-corrected chi connectivity index (χ2v) is 37.8. The van der Waals surface area contributed by atoms with E-state index in [4.69, 9.17) is 66.3 Å². The van der Waals surface area contributed by atoms with E-state index in [1.807, 2.05) is 0 Å². The highest BCUT2D eigenvalue weighted by atomic mass is 16.8. The molecule has 3 unspecified atom stereocenters. The zero-order valence-electron chi connectivity index (χ0n) is 80.5. The second kappa shape index (κ2) is 59.1.